The van der Waals surface area contributed by atoms with Gasteiger partial charge < -0.3 is 10.1 Å². The van der Waals surface area contributed by atoms with Crippen molar-refractivity contribution in [2.75, 3.05) is 12.4 Å². The molecule has 0 radical (unpaired) electrons. The predicted octanol–water partition coefficient (Wildman–Crippen LogP) is 1.78. The van der Waals surface area contributed by atoms with E-state index in [1.165, 1.54) is 13.3 Å². The lowest BCUT2D eigenvalue weighted by Crippen LogP contribution is -2.32. The molecule has 2 aromatic rings. The zero-order valence-electron chi connectivity index (χ0n) is 11.9. The first-order chi connectivity index (χ1) is 10.7. The molecule has 2 rings (SSSR count). The number of carbonyl (C=O) groups excluding carboxylic acids is 2. The van der Waals surface area contributed by atoms with Gasteiger partial charge in [-0.25, -0.2) is 5.43 Å². The smallest absolute Gasteiger partial charge is 0.329 e. The minimum absolute atomic E-state index is 0.464. The van der Waals surface area contributed by atoms with Crippen LogP contribution in [0.25, 0.3) is 0 Å². The molecule has 0 unspecified atom stereocenters. The molecule has 0 bridgehead atoms. The summed E-state index contributed by atoms with van der Waals surface area (Å²) in [6, 6.07) is 15.9. The van der Waals surface area contributed by atoms with Gasteiger partial charge in [-0.2, -0.15) is 5.10 Å². The number of rotatable bonds is 4. The number of amides is 2. The molecular formula is C16H15N3O3. The summed E-state index contributed by atoms with van der Waals surface area (Å²) in [6.45, 7) is 0. The van der Waals surface area contributed by atoms with Crippen LogP contribution in [0.1, 0.15) is 5.56 Å². The molecule has 6 heteroatoms. The first kappa shape index (κ1) is 15.2. The standard InChI is InChI=1S/C16H15N3O3/c1-22-14-9-5-8-13(10-14)18-15(20)16(21)19-17-11-12-6-3-2-4-7-12/h2-11H,1H3,(H,18,20)(H,19,21)/b17-11+. The summed E-state index contributed by atoms with van der Waals surface area (Å²) in [5.74, 6) is -1.08. The van der Waals surface area contributed by atoms with Crippen molar-refractivity contribution in [3.05, 3.63) is 60.2 Å². The molecule has 2 amide bonds. The van der Waals surface area contributed by atoms with Gasteiger partial charge in [-0.1, -0.05) is 36.4 Å². The first-order valence-corrected chi connectivity index (χ1v) is 6.52. The van der Waals surface area contributed by atoms with E-state index >= 15 is 0 Å². The number of carbonyl (C=O) groups is 2. The van der Waals surface area contributed by atoms with Crippen LogP contribution in [0.2, 0.25) is 0 Å². The average molecular weight is 297 g/mol. The number of hydrazone groups is 1. The monoisotopic (exact) mass is 297 g/mol. The van der Waals surface area contributed by atoms with E-state index in [-0.39, 0.29) is 0 Å². The summed E-state index contributed by atoms with van der Waals surface area (Å²) in [4.78, 5) is 23.3. The third-order valence-corrected chi connectivity index (χ3v) is 2.71. The van der Waals surface area contributed by atoms with Crippen molar-refractivity contribution in [3.63, 3.8) is 0 Å². The summed E-state index contributed by atoms with van der Waals surface area (Å²) in [7, 11) is 1.52. The zero-order chi connectivity index (χ0) is 15.8. The third kappa shape index (κ3) is 4.45. The maximum atomic E-state index is 11.7. The van der Waals surface area contributed by atoms with Crippen molar-refractivity contribution >= 4 is 23.7 Å². The first-order valence-electron chi connectivity index (χ1n) is 6.52. The number of nitrogens with one attached hydrogen (secondary N) is 2. The topological polar surface area (TPSA) is 79.8 Å². The quantitative estimate of drug-likeness (QED) is 0.513. The number of ether oxygens (including phenoxy) is 1. The highest BCUT2D eigenvalue weighted by Crippen LogP contribution is 2.16. The van der Waals surface area contributed by atoms with Crippen molar-refractivity contribution < 1.29 is 14.3 Å². The Morgan fingerprint density at radius 3 is 2.55 bits per heavy atom. The molecule has 0 aliphatic heterocycles. The molecule has 0 aliphatic carbocycles. The van der Waals surface area contributed by atoms with Crippen LogP contribution in [-0.2, 0) is 9.59 Å². The Morgan fingerprint density at radius 2 is 1.82 bits per heavy atom. The molecule has 0 saturated carbocycles. The van der Waals surface area contributed by atoms with Crippen molar-refractivity contribution in [2.24, 2.45) is 5.10 Å². The van der Waals surface area contributed by atoms with E-state index in [1.807, 2.05) is 30.3 Å². The van der Waals surface area contributed by atoms with E-state index in [2.05, 4.69) is 15.8 Å². The van der Waals surface area contributed by atoms with E-state index in [0.29, 0.717) is 11.4 Å². The van der Waals surface area contributed by atoms with Crippen LogP contribution in [0, 0.1) is 0 Å². The van der Waals surface area contributed by atoms with Crippen molar-refractivity contribution in [1.29, 1.82) is 0 Å². The number of hydrogen-bond acceptors (Lipinski definition) is 4. The molecule has 0 spiro atoms. The third-order valence-electron chi connectivity index (χ3n) is 2.71. The van der Waals surface area contributed by atoms with Gasteiger partial charge in [0.15, 0.2) is 0 Å². The summed E-state index contributed by atoms with van der Waals surface area (Å²) in [5, 5.41) is 6.19. The molecule has 0 aromatic heterocycles. The van der Waals surface area contributed by atoms with E-state index in [1.54, 1.807) is 24.3 Å². The van der Waals surface area contributed by atoms with Gasteiger partial charge in [0.25, 0.3) is 0 Å². The fourth-order valence-electron chi connectivity index (χ4n) is 1.64. The second kappa shape index (κ2) is 7.58. The van der Waals surface area contributed by atoms with E-state index in [9.17, 15) is 9.59 Å². The lowest BCUT2D eigenvalue weighted by atomic mass is 10.2. The lowest BCUT2D eigenvalue weighted by Gasteiger charge is -2.05. The van der Waals surface area contributed by atoms with Crippen molar-refractivity contribution in [1.82, 2.24) is 5.43 Å². The molecule has 0 aliphatic rings. The highest BCUT2D eigenvalue weighted by molar-refractivity contribution is 6.39. The molecular weight excluding hydrogens is 282 g/mol. The van der Waals surface area contributed by atoms with Crippen molar-refractivity contribution in [3.8, 4) is 5.75 Å². The number of hydrogen-bond donors (Lipinski definition) is 2. The van der Waals surface area contributed by atoms with E-state index in [0.717, 1.165) is 5.56 Å². The van der Waals surface area contributed by atoms with Gasteiger partial charge >= 0.3 is 11.8 Å². The summed E-state index contributed by atoms with van der Waals surface area (Å²) >= 11 is 0. The highest BCUT2D eigenvalue weighted by atomic mass is 16.5. The lowest BCUT2D eigenvalue weighted by molar-refractivity contribution is -0.136. The predicted molar refractivity (Wildman–Crippen MR) is 83.8 cm³/mol. The zero-order valence-corrected chi connectivity index (χ0v) is 11.9. The summed E-state index contributed by atoms with van der Waals surface area (Å²) in [6.07, 6.45) is 1.46. The van der Waals surface area contributed by atoms with Crippen LogP contribution in [0.3, 0.4) is 0 Å². The Bertz CT molecular complexity index is 684. The molecule has 6 nitrogen and oxygen atoms in total. The van der Waals surface area contributed by atoms with Crippen LogP contribution < -0.4 is 15.5 Å². The van der Waals surface area contributed by atoms with Crippen LogP contribution in [-0.4, -0.2) is 25.1 Å². The van der Waals surface area contributed by atoms with Gasteiger partial charge in [0.05, 0.1) is 13.3 Å². The number of anilines is 1. The Morgan fingerprint density at radius 1 is 1.05 bits per heavy atom. The fraction of sp³-hybridized carbons (Fsp3) is 0.0625. The Labute approximate surface area is 127 Å². The Hall–Kier alpha value is -3.15. The van der Waals surface area contributed by atoms with Gasteiger partial charge in [0.2, 0.25) is 0 Å². The minimum atomic E-state index is -0.852. The summed E-state index contributed by atoms with van der Waals surface area (Å²) < 4.78 is 5.04. The van der Waals surface area contributed by atoms with Crippen LogP contribution in [0.15, 0.2) is 59.7 Å². The molecule has 2 N–H and O–H groups in total. The molecule has 0 saturated heterocycles. The van der Waals surface area contributed by atoms with Crippen LogP contribution >= 0.6 is 0 Å². The molecule has 0 atom stereocenters. The van der Waals surface area contributed by atoms with E-state index < -0.39 is 11.8 Å². The second-order valence-corrected chi connectivity index (χ2v) is 4.30. The molecule has 112 valence electrons. The number of benzene rings is 2. The second-order valence-electron chi connectivity index (χ2n) is 4.30. The number of nitrogens with zero attached hydrogens (tertiary/aromatic N) is 1. The average Bonchev–Trinajstić information content (AvgIpc) is 2.56. The van der Waals surface area contributed by atoms with Crippen molar-refractivity contribution in [2.45, 2.75) is 0 Å². The molecule has 0 heterocycles. The Kier molecular flexibility index (Phi) is 5.25. The van der Waals surface area contributed by atoms with E-state index in [4.69, 9.17) is 4.74 Å². The number of methoxy groups -OCH3 is 1. The molecule has 0 fully saturated rings. The van der Waals surface area contributed by atoms with Gasteiger partial charge in [-0.3, -0.25) is 9.59 Å². The SMILES string of the molecule is COc1cccc(NC(=O)C(=O)N/N=C/c2ccccc2)c1. The highest BCUT2D eigenvalue weighted by Gasteiger charge is 2.12. The molecule has 22 heavy (non-hydrogen) atoms. The molecule has 2 aromatic carbocycles. The fourth-order valence-corrected chi connectivity index (χ4v) is 1.64. The van der Waals surface area contributed by atoms with Gasteiger partial charge in [-0.15, -0.1) is 0 Å². The van der Waals surface area contributed by atoms with Gasteiger partial charge in [0.1, 0.15) is 5.75 Å². The Balaban J connectivity index is 1.89. The van der Waals surface area contributed by atoms with Gasteiger partial charge in [0, 0.05) is 11.8 Å². The van der Waals surface area contributed by atoms with Crippen LogP contribution in [0.5, 0.6) is 5.75 Å². The maximum absolute atomic E-state index is 11.7. The minimum Gasteiger partial charge on any atom is -0.497 e. The van der Waals surface area contributed by atoms with Gasteiger partial charge in [-0.05, 0) is 17.7 Å². The maximum Gasteiger partial charge on any atom is 0.329 e. The largest absolute Gasteiger partial charge is 0.497 e. The normalized spacial score (nSPS) is 10.2. The van der Waals surface area contributed by atoms with Crippen LogP contribution in [0.4, 0.5) is 5.69 Å². The summed E-state index contributed by atoms with van der Waals surface area (Å²) in [5.41, 5.74) is 3.45.